The molecule has 1 atom stereocenters. The Hall–Kier alpha value is -1.92. The van der Waals surface area contributed by atoms with E-state index in [-0.39, 0.29) is 6.03 Å². The van der Waals surface area contributed by atoms with Crippen LogP contribution in [0.2, 0.25) is 0 Å². The first-order valence-electron chi connectivity index (χ1n) is 10.3. The molecule has 5 nitrogen and oxygen atoms in total. The van der Waals surface area contributed by atoms with Gasteiger partial charge in [-0.3, -0.25) is 4.72 Å². The molecule has 0 radical (unpaired) electrons. The Bertz CT molecular complexity index is 915. The minimum absolute atomic E-state index is 0.216. The third-order valence-electron chi connectivity index (χ3n) is 6.49. The van der Waals surface area contributed by atoms with Gasteiger partial charge in [0.2, 0.25) is 0 Å². The first-order chi connectivity index (χ1) is 13.6. The zero-order chi connectivity index (χ0) is 19.3. The normalized spacial score (nSPS) is 19.9. The van der Waals surface area contributed by atoms with Gasteiger partial charge in [0, 0.05) is 29.6 Å². The van der Waals surface area contributed by atoms with E-state index in [0.717, 1.165) is 62.0 Å². The van der Waals surface area contributed by atoms with Crippen LogP contribution in [0.4, 0.5) is 10.5 Å². The van der Waals surface area contributed by atoms with Crippen molar-refractivity contribution in [3.63, 3.8) is 0 Å². The Morgan fingerprint density at radius 2 is 1.75 bits per heavy atom. The molecule has 0 bridgehead atoms. The van der Waals surface area contributed by atoms with E-state index < -0.39 is 6.10 Å². The summed E-state index contributed by atoms with van der Waals surface area (Å²) in [7, 11) is 0. The Morgan fingerprint density at radius 3 is 2.43 bits per heavy atom. The molecule has 1 aromatic carbocycles. The molecule has 0 aliphatic heterocycles. The van der Waals surface area contributed by atoms with Gasteiger partial charge in [-0.05, 0) is 92.2 Å². The van der Waals surface area contributed by atoms with Crippen molar-refractivity contribution in [1.82, 2.24) is 4.72 Å². The van der Waals surface area contributed by atoms with Crippen molar-refractivity contribution in [3.05, 3.63) is 45.2 Å². The number of urea groups is 1. The SMILES string of the molecule is Cc1c2c(c(NC(=O)NSc3cc4c(o3)CCCC4O)c3c1CCC3)CCC2. The van der Waals surface area contributed by atoms with Crippen molar-refractivity contribution in [2.75, 3.05) is 5.32 Å². The molecular weight excluding hydrogens is 372 g/mol. The van der Waals surface area contributed by atoms with E-state index in [9.17, 15) is 9.90 Å². The summed E-state index contributed by atoms with van der Waals surface area (Å²) in [6.07, 6.45) is 8.80. The molecule has 28 heavy (non-hydrogen) atoms. The van der Waals surface area contributed by atoms with E-state index in [4.69, 9.17) is 4.42 Å². The van der Waals surface area contributed by atoms with Crippen molar-refractivity contribution >= 4 is 23.7 Å². The lowest BCUT2D eigenvalue weighted by Crippen LogP contribution is -2.24. The van der Waals surface area contributed by atoms with Crippen LogP contribution in [-0.2, 0) is 32.1 Å². The van der Waals surface area contributed by atoms with Crippen LogP contribution in [0.15, 0.2) is 15.6 Å². The second kappa shape index (κ2) is 7.16. The maximum atomic E-state index is 12.6. The van der Waals surface area contributed by atoms with Gasteiger partial charge < -0.3 is 14.8 Å². The minimum Gasteiger partial charge on any atom is -0.453 e. The smallest absolute Gasteiger partial charge is 0.329 e. The number of amides is 2. The van der Waals surface area contributed by atoms with Crippen molar-refractivity contribution in [1.29, 1.82) is 0 Å². The number of carbonyl (C=O) groups excluding carboxylic acids is 1. The van der Waals surface area contributed by atoms with Gasteiger partial charge in [-0.2, -0.15) is 0 Å². The van der Waals surface area contributed by atoms with E-state index in [0.29, 0.717) is 5.09 Å². The van der Waals surface area contributed by atoms with E-state index in [1.165, 1.54) is 52.6 Å². The van der Waals surface area contributed by atoms with Gasteiger partial charge in [-0.15, -0.1) is 0 Å². The highest BCUT2D eigenvalue weighted by Gasteiger charge is 2.28. The van der Waals surface area contributed by atoms with Crippen LogP contribution in [0.1, 0.15) is 70.9 Å². The molecule has 1 unspecified atom stereocenters. The minimum atomic E-state index is -0.451. The molecule has 3 N–H and O–H groups in total. The fourth-order valence-electron chi connectivity index (χ4n) is 5.17. The summed E-state index contributed by atoms with van der Waals surface area (Å²) in [5.74, 6) is 0.845. The Kier molecular flexibility index (Phi) is 4.63. The monoisotopic (exact) mass is 398 g/mol. The first-order valence-corrected chi connectivity index (χ1v) is 11.1. The zero-order valence-corrected chi connectivity index (χ0v) is 17.0. The second-order valence-electron chi connectivity index (χ2n) is 8.13. The maximum Gasteiger partial charge on any atom is 0.329 e. The number of furan rings is 1. The lowest BCUT2D eigenvalue weighted by atomic mass is 9.93. The number of anilines is 1. The molecule has 2 amide bonds. The zero-order valence-electron chi connectivity index (χ0n) is 16.2. The molecule has 148 valence electrons. The van der Waals surface area contributed by atoms with Gasteiger partial charge in [0.15, 0.2) is 5.09 Å². The number of benzene rings is 1. The van der Waals surface area contributed by atoms with E-state index in [1.807, 2.05) is 6.07 Å². The van der Waals surface area contributed by atoms with Crippen LogP contribution >= 0.6 is 11.9 Å². The van der Waals surface area contributed by atoms with Gasteiger partial charge >= 0.3 is 6.03 Å². The molecular formula is C22H26N2O3S. The number of aryl methyl sites for hydroxylation is 1. The molecule has 1 heterocycles. The van der Waals surface area contributed by atoms with Gasteiger partial charge in [0.05, 0.1) is 6.10 Å². The molecule has 5 rings (SSSR count). The van der Waals surface area contributed by atoms with Crippen LogP contribution in [0, 0.1) is 6.92 Å². The summed E-state index contributed by atoms with van der Waals surface area (Å²) >= 11 is 1.17. The highest BCUT2D eigenvalue weighted by Crippen LogP contribution is 2.41. The Morgan fingerprint density at radius 1 is 1.07 bits per heavy atom. The average molecular weight is 399 g/mol. The number of hydrogen-bond acceptors (Lipinski definition) is 4. The molecule has 0 fully saturated rings. The quantitative estimate of drug-likeness (QED) is 0.652. The second-order valence-corrected chi connectivity index (χ2v) is 8.94. The number of hydrogen-bond donors (Lipinski definition) is 3. The van der Waals surface area contributed by atoms with Crippen molar-refractivity contribution in [3.8, 4) is 0 Å². The molecule has 3 aliphatic rings. The summed E-state index contributed by atoms with van der Waals surface area (Å²) < 4.78 is 8.66. The van der Waals surface area contributed by atoms with Crippen LogP contribution in [0.5, 0.6) is 0 Å². The number of fused-ring (bicyclic) bond motifs is 3. The molecule has 1 aromatic heterocycles. The maximum absolute atomic E-state index is 12.6. The molecule has 0 saturated carbocycles. The van der Waals surface area contributed by atoms with Crippen LogP contribution in [0.3, 0.4) is 0 Å². The molecule has 0 saturated heterocycles. The van der Waals surface area contributed by atoms with Crippen molar-refractivity contribution in [2.24, 2.45) is 0 Å². The van der Waals surface area contributed by atoms with Crippen LogP contribution < -0.4 is 10.0 Å². The lowest BCUT2D eigenvalue weighted by Gasteiger charge is -2.18. The lowest BCUT2D eigenvalue weighted by molar-refractivity contribution is 0.152. The Labute approximate surface area is 169 Å². The standard InChI is InChI=1S/C22H26N2O3S/c1-12-13-5-2-7-15(13)21(16-8-3-6-14(12)16)23-22(26)24-28-20-11-17-18(25)9-4-10-19(17)27-20/h11,18,25H,2-10H2,1H3,(H2,23,24,26). The molecule has 0 spiro atoms. The number of aliphatic hydroxyl groups is 1. The van der Waals surface area contributed by atoms with E-state index in [1.54, 1.807) is 0 Å². The largest absolute Gasteiger partial charge is 0.453 e. The fraction of sp³-hybridized carbons (Fsp3) is 0.500. The van der Waals surface area contributed by atoms with Gasteiger partial charge in [-0.1, -0.05) is 0 Å². The number of carbonyl (C=O) groups is 1. The van der Waals surface area contributed by atoms with Crippen LogP contribution in [0.25, 0.3) is 0 Å². The summed E-state index contributed by atoms with van der Waals surface area (Å²) in [6.45, 7) is 2.25. The third-order valence-corrected chi connectivity index (χ3v) is 7.18. The van der Waals surface area contributed by atoms with E-state index >= 15 is 0 Å². The topological polar surface area (TPSA) is 74.5 Å². The Balaban J connectivity index is 1.32. The predicted octanol–water partition coefficient (Wildman–Crippen LogP) is 4.76. The molecule has 2 aromatic rings. The number of nitrogens with one attached hydrogen (secondary N) is 2. The van der Waals surface area contributed by atoms with Crippen molar-refractivity contribution < 1.29 is 14.3 Å². The summed E-state index contributed by atoms with van der Waals surface area (Å²) in [4.78, 5) is 12.6. The molecule has 3 aliphatic carbocycles. The highest BCUT2D eigenvalue weighted by atomic mass is 32.2. The molecule has 6 heteroatoms. The van der Waals surface area contributed by atoms with E-state index in [2.05, 4.69) is 17.0 Å². The third kappa shape index (κ3) is 3.03. The van der Waals surface area contributed by atoms with Gasteiger partial charge in [0.25, 0.3) is 0 Å². The number of rotatable bonds is 3. The van der Waals surface area contributed by atoms with Crippen LogP contribution in [-0.4, -0.2) is 11.1 Å². The summed E-state index contributed by atoms with van der Waals surface area (Å²) in [6, 6.07) is 1.64. The predicted molar refractivity (Wildman–Crippen MR) is 110 cm³/mol. The first kappa shape index (κ1) is 18.1. The summed E-state index contributed by atoms with van der Waals surface area (Å²) in [5.41, 5.74) is 8.97. The fourth-order valence-corrected chi connectivity index (χ4v) is 5.75. The van der Waals surface area contributed by atoms with Gasteiger partial charge in [-0.25, -0.2) is 4.79 Å². The van der Waals surface area contributed by atoms with Crippen molar-refractivity contribution in [2.45, 2.75) is 75.9 Å². The summed E-state index contributed by atoms with van der Waals surface area (Å²) in [5, 5.41) is 13.9. The van der Waals surface area contributed by atoms with Gasteiger partial charge in [0.1, 0.15) is 5.76 Å². The average Bonchev–Trinajstić information content (AvgIpc) is 3.42. The highest BCUT2D eigenvalue weighted by molar-refractivity contribution is 7.97. The number of aliphatic hydroxyl groups excluding tert-OH is 1.